The van der Waals surface area contributed by atoms with Crippen molar-refractivity contribution in [3.63, 3.8) is 0 Å². The number of hydrogen-bond donors (Lipinski definition) is 2. The Balaban J connectivity index is 2.60. The minimum atomic E-state index is -3.25. The minimum absolute atomic E-state index is 0.0325. The van der Waals surface area contributed by atoms with Gasteiger partial charge >= 0.3 is 0 Å². The lowest BCUT2D eigenvalue weighted by Gasteiger charge is -1.98. The van der Waals surface area contributed by atoms with Crippen LogP contribution in [0.1, 0.15) is 18.4 Å². The fraction of sp³-hybridized carbons (Fsp3) is 0.714. The zero-order valence-corrected chi connectivity index (χ0v) is 10.1. The van der Waals surface area contributed by atoms with Crippen LogP contribution in [0.4, 0.5) is 5.13 Å². The van der Waals surface area contributed by atoms with Crippen molar-refractivity contribution in [2.24, 2.45) is 5.73 Å². The lowest BCUT2D eigenvalue weighted by atomic mass is 10.3. The van der Waals surface area contributed by atoms with Crippen LogP contribution in [0.3, 0.4) is 0 Å². The molecule has 1 heterocycles. The molecule has 0 bridgehead atoms. The van der Waals surface area contributed by atoms with Crippen molar-refractivity contribution >= 4 is 26.5 Å². The molecule has 1 aromatic rings. The van der Waals surface area contributed by atoms with Gasteiger partial charge in [0.05, 0.1) is 5.75 Å². The van der Waals surface area contributed by atoms with Crippen LogP contribution < -0.4 is 10.5 Å². The Morgan fingerprint density at radius 1 is 1.47 bits per heavy atom. The number of aromatic nitrogens is 2. The SMILES string of the molecule is CCS(=O)(=O)Nc1nnc(CCCN)s1. The average molecular weight is 250 g/mol. The Bertz CT molecular complexity index is 401. The predicted molar refractivity (Wildman–Crippen MR) is 60.4 cm³/mol. The summed E-state index contributed by atoms with van der Waals surface area (Å²) in [7, 11) is -3.25. The summed E-state index contributed by atoms with van der Waals surface area (Å²) in [5, 5.41) is 8.72. The molecule has 0 fully saturated rings. The summed E-state index contributed by atoms with van der Waals surface area (Å²) >= 11 is 1.25. The van der Waals surface area contributed by atoms with Crippen LogP contribution >= 0.6 is 11.3 Å². The zero-order chi connectivity index (χ0) is 11.3. The van der Waals surface area contributed by atoms with Gasteiger partial charge in [-0.25, -0.2) is 8.42 Å². The van der Waals surface area contributed by atoms with Gasteiger partial charge in [0.25, 0.3) is 0 Å². The molecular weight excluding hydrogens is 236 g/mol. The number of nitrogens with zero attached hydrogens (tertiary/aromatic N) is 2. The first-order valence-electron chi connectivity index (χ1n) is 4.60. The Morgan fingerprint density at radius 2 is 2.20 bits per heavy atom. The lowest BCUT2D eigenvalue weighted by molar-refractivity contribution is 0.602. The molecule has 0 radical (unpaired) electrons. The van der Waals surface area contributed by atoms with Crippen LogP contribution in [-0.2, 0) is 16.4 Å². The molecule has 0 aliphatic heterocycles. The number of hydrogen-bond acceptors (Lipinski definition) is 6. The number of nitrogens with one attached hydrogen (secondary N) is 1. The maximum absolute atomic E-state index is 11.2. The summed E-state index contributed by atoms with van der Waals surface area (Å²) in [5.74, 6) is 0.0325. The summed E-state index contributed by atoms with van der Waals surface area (Å²) in [6, 6.07) is 0. The second kappa shape index (κ2) is 5.38. The highest BCUT2D eigenvalue weighted by Crippen LogP contribution is 2.17. The van der Waals surface area contributed by atoms with Crippen molar-refractivity contribution in [3.05, 3.63) is 5.01 Å². The van der Waals surface area contributed by atoms with Crippen molar-refractivity contribution in [2.75, 3.05) is 17.0 Å². The molecule has 8 heteroatoms. The molecule has 0 aliphatic carbocycles. The second-order valence-electron chi connectivity index (χ2n) is 2.90. The van der Waals surface area contributed by atoms with E-state index in [4.69, 9.17) is 5.73 Å². The second-order valence-corrected chi connectivity index (χ2v) is 5.97. The third-order valence-electron chi connectivity index (χ3n) is 1.68. The Kier molecular flexibility index (Phi) is 4.43. The highest BCUT2D eigenvalue weighted by Gasteiger charge is 2.10. The van der Waals surface area contributed by atoms with E-state index in [1.807, 2.05) is 0 Å². The molecule has 3 N–H and O–H groups in total. The maximum atomic E-state index is 11.2. The van der Waals surface area contributed by atoms with E-state index in [1.54, 1.807) is 6.92 Å². The van der Waals surface area contributed by atoms with E-state index in [9.17, 15) is 8.42 Å². The Morgan fingerprint density at radius 3 is 2.80 bits per heavy atom. The van der Waals surface area contributed by atoms with Crippen molar-refractivity contribution < 1.29 is 8.42 Å². The minimum Gasteiger partial charge on any atom is -0.330 e. The molecule has 0 atom stereocenters. The Hall–Kier alpha value is -0.730. The molecule has 0 unspecified atom stereocenters. The molecule has 86 valence electrons. The molecular formula is C7H14N4O2S2. The van der Waals surface area contributed by atoms with E-state index in [1.165, 1.54) is 11.3 Å². The molecule has 1 rings (SSSR count). The molecule has 0 aliphatic rings. The highest BCUT2D eigenvalue weighted by molar-refractivity contribution is 7.92. The van der Waals surface area contributed by atoms with Crippen molar-refractivity contribution in [1.82, 2.24) is 10.2 Å². The van der Waals surface area contributed by atoms with Gasteiger partial charge in [0.15, 0.2) is 0 Å². The first kappa shape index (κ1) is 12.3. The first-order chi connectivity index (χ1) is 7.07. The lowest BCUT2D eigenvalue weighted by Crippen LogP contribution is -2.14. The van der Waals surface area contributed by atoms with E-state index in [-0.39, 0.29) is 5.75 Å². The van der Waals surface area contributed by atoms with Crippen LogP contribution in [0.25, 0.3) is 0 Å². The smallest absolute Gasteiger partial charge is 0.234 e. The monoisotopic (exact) mass is 250 g/mol. The fourth-order valence-electron chi connectivity index (χ4n) is 0.854. The largest absolute Gasteiger partial charge is 0.330 e. The molecule has 0 amide bonds. The quantitative estimate of drug-likeness (QED) is 0.751. The highest BCUT2D eigenvalue weighted by atomic mass is 32.2. The van der Waals surface area contributed by atoms with Crippen molar-refractivity contribution in [2.45, 2.75) is 19.8 Å². The fourth-order valence-corrected chi connectivity index (χ4v) is 2.49. The molecule has 0 aromatic carbocycles. The molecule has 6 nitrogen and oxygen atoms in total. The van der Waals surface area contributed by atoms with Gasteiger partial charge in [-0.2, -0.15) is 0 Å². The maximum Gasteiger partial charge on any atom is 0.234 e. The normalized spacial score (nSPS) is 11.6. The number of sulfonamides is 1. The van der Waals surface area contributed by atoms with Gasteiger partial charge in [-0.3, -0.25) is 4.72 Å². The van der Waals surface area contributed by atoms with E-state index < -0.39 is 10.0 Å². The Labute approximate surface area is 93.0 Å². The van der Waals surface area contributed by atoms with E-state index >= 15 is 0 Å². The summed E-state index contributed by atoms with van der Waals surface area (Å²) in [4.78, 5) is 0. The van der Waals surface area contributed by atoms with Crippen LogP contribution in [0.15, 0.2) is 0 Å². The first-order valence-corrected chi connectivity index (χ1v) is 7.07. The van der Waals surface area contributed by atoms with E-state index in [0.29, 0.717) is 11.7 Å². The van der Waals surface area contributed by atoms with Gasteiger partial charge in [-0.1, -0.05) is 11.3 Å². The third kappa shape index (κ3) is 4.10. The number of rotatable bonds is 6. The molecule has 0 spiro atoms. The van der Waals surface area contributed by atoms with Gasteiger partial charge in [-0.05, 0) is 19.9 Å². The number of aryl methyl sites for hydroxylation is 1. The van der Waals surface area contributed by atoms with Gasteiger partial charge in [0.1, 0.15) is 5.01 Å². The standard InChI is InChI=1S/C7H14N4O2S2/c1-2-15(12,13)11-7-10-9-6(14-7)4-3-5-8/h2-5,8H2,1H3,(H,10,11). The van der Waals surface area contributed by atoms with Gasteiger partial charge in [0.2, 0.25) is 15.2 Å². The van der Waals surface area contributed by atoms with Gasteiger partial charge < -0.3 is 5.73 Å². The summed E-state index contributed by atoms with van der Waals surface area (Å²) in [5.41, 5.74) is 5.35. The molecule has 1 aromatic heterocycles. The molecule has 0 saturated carbocycles. The van der Waals surface area contributed by atoms with Crippen LogP contribution in [0, 0.1) is 0 Å². The van der Waals surface area contributed by atoms with Gasteiger partial charge in [-0.15, -0.1) is 10.2 Å². The topological polar surface area (TPSA) is 98.0 Å². The zero-order valence-electron chi connectivity index (χ0n) is 8.43. The average Bonchev–Trinajstić information content (AvgIpc) is 2.62. The summed E-state index contributed by atoms with van der Waals surface area (Å²) in [6.07, 6.45) is 1.57. The van der Waals surface area contributed by atoms with Crippen LogP contribution in [0.2, 0.25) is 0 Å². The number of nitrogens with two attached hydrogens (primary N) is 1. The van der Waals surface area contributed by atoms with Crippen LogP contribution in [0.5, 0.6) is 0 Å². The summed E-state index contributed by atoms with van der Waals surface area (Å²) in [6.45, 7) is 2.16. The van der Waals surface area contributed by atoms with Crippen molar-refractivity contribution in [1.29, 1.82) is 0 Å². The van der Waals surface area contributed by atoms with E-state index in [0.717, 1.165) is 17.8 Å². The molecule has 0 saturated heterocycles. The third-order valence-corrected chi connectivity index (χ3v) is 3.98. The number of anilines is 1. The van der Waals surface area contributed by atoms with E-state index in [2.05, 4.69) is 14.9 Å². The van der Waals surface area contributed by atoms with Crippen LogP contribution in [-0.4, -0.2) is 30.9 Å². The molecule has 15 heavy (non-hydrogen) atoms. The summed E-state index contributed by atoms with van der Waals surface area (Å²) < 4.78 is 24.8. The van der Waals surface area contributed by atoms with Crippen molar-refractivity contribution in [3.8, 4) is 0 Å². The van der Waals surface area contributed by atoms with Gasteiger partial charge in [0, 0.05) is 6.42 Å². The predicted octanol–water partition coefficient (Wildman–Crippen LogP) is 0.191.